The van der Waals surface area contributed by atoms with Crippen molar-refractivity contribution in [1.82, 2.24) is 15.2 Å². The third-order valence-corrected chi connectivity index (χ3v) is 4.35. The molecule has 108 valence electrons. The molecule has 0 aliphatic heterocycles. The molecular formula is C14H18BrClN4. The first-order chi connectivity index (χ1) is 9.51. The maximum atomic E-state index is 6.28. The number of nitrogens with zero attached hydrogens (tertiary/aromatic N) is 2. The van der Waals surface area contributed by atoms with E-state index in [4.69, 9.17) is 17.4 Å². The molecule has 2 rings (SSSR count). The van der Waals surface area contributed by atoms with Gasteiger partial charge in [-0.15, -0.1) is 0 Å². The molecule has 0 bridgehead atoms. The van der Waals surface area contributed by atoms with Crippen LogP contribution < -0.4 is 11.3 Å². The minimum atomic E-state index is 0.114. The fraction of sp³-hybridized carbons (Fsp3) is 0.357. The van der Waals surface area contributed by atoms with E-state index in [1.54, 1.807) is 0 Å². The zero-order chi connectivity index (χ0) is 14.7. The highest BCUT2D eigenvalue weighted by atomic mass is 79.9. The van der Waals surface area contributed by atoms with E-state index in [2.05, 4.69) is 38.6 Å². The Morgan fingerprint density at radius 2 is 2.00 bits per heavy atom. The second kappa shape index (κ2) is 6.72. The molecule has 6 heteroatoms. The van der Waals surface area contributed by atoms with E-state index >= 15 is 0 Å². The molecule has 0 spiro atoms. The predicted octanol–water partition coefficient (Wildman–Crippen LogP) is 2.76. The van der Waals surface area contributed by atoms with Gasteiger partial charge in [0.2, 0.25) is 0 Å². The van der Waals surface area contributed by atoms with Crippen molar-refractivity contribution in [2.24, 2.45) is 12.9 Å². The lowest BCUT2D eigenvalue weighted by molar-refractivity contribution is 0.505. The van der Waals surface area contributed by atoms with Crippen molar-refractivity contribution in [3.05, 3.63) is 50.7 Å². The molecule has 0 saturated carbocycles. The van der Waals surface area contributed by atoms with Crippen molar-refractivity contribution in [3.63, 3.8) is 0 Å². The number of rotatable bonds is 5. The number of aromatic nitrogens is 2. The van der Waals surface area contributed by atoms with E-state index in [1.807, 2.05) is 30.8 Å². The number of halogens is 2. The highest BCUT2D eigenvalue weighted by Gasteiger charge is 2.16. The van der Waals surface area contributed by atoms with E-state index in [0.717, 1.165) is 33.7 Å². The van der Waals surface area contributed by atoms with Crippen LogP contribution in [-0.4, -0.2) is 15.8 Å². The Morgan fingerprint density at radius 1 is 1.35 bits per heavy atom. The Labute approximate surface area is 132 Å². The Balaban J connectivity index is 2.11. The van der Waals surface area contributed by atoms with Crippen molar-refractivity contribution in [2.45, 2.75) is 25.8 Å². The first-order valence-corrected chi connectivity index (χ1v) is 7.57. The molecule has 0 aliphatic carbocycles. The molecule has 0 saturated heterocycles. The van der Waals surface area contributed by atoms with Gasteiger partial charge >= 0.3 is 0 Å². The summed E-state index contributed by atoms with van der Waals surface area (Å²) in [5.41, 5.74) is 5.95. The Kier molecular flexibility index (Phi) is 5.21. The highest BCUT2D eigenvalue weighted by Crippen LogP contribution is 2.21. The predicted molar refractivity (Wildman–Crippen MR) is 85.6 cm³/mol. The third kappa shape index (κ3) is 3.61. The van der Waals surface area contributed by atoms with Crippen LogP contribution in [0.1, 0.15) is 17.0 Å². The molecule has 1 heterocycles. The van der Waals surface area contributed by atoms with Crippen molar-refractivity contribution >= 4 is 27.5 Å². The van der Waals surface area contributed by atoms with Gasteiger partial charge in [-0.25, -0.2) is 0 Å². The van der Waals surface area contributed by atoms with Crippen LogP contribution >= 0.6 is 27.5 Å². The molecular weight excluding hydrogens is 340 g/mol. The summed E-state index contributed by atoms with van der Waals surface area (Å²) in [7, 11) is 1.90. The first kappa shape index (κ1) is 15.5. The number of hydrogen-bond acceptors (Lipinski definition) is 3. The summed E-state index contributed by atoms with van der Waals surface area (Å²) in [6.45, 7) is 1.91. The standard InChI is InChI=1S/C14H18BrClN4/c1-9-14(16)13(20(2)19-9)8-12(18-17)7-10-3-5-11(15)6-4-10/h3-6,12,18H,7-8,17H2,1-2H3. The van der Waals surface area contributed by atoms with E-state index in [0.29, 0.717) is 0 Å². The smallest absolute Gasteiger partial charge is 0.0847 e. The second-order valence-corrected chi connectivity index (χ2v) is 6.16. The van der Waals surface area contributed by atoms with Crippen LogP contribution in [-0.2, 0) is 19.9 Å². The fourth-order valence-corrected chi connectivity index (χ4v) is 2.73. The van der Waals surface area contributed by atoms with Gasteiger partial charge < -0.3 is 0 Å². The molecule has 0 fully saturated rings. The summed E-state index contributed by atoms with van der Waals surface area (Å²) in [4.78, 5) is 0. The van der Waals surface area contributed by atoms with Crippen molar-refractivity contribution in [3.8, 4) is 0 Å². The molecule has 2 aromatic rings. The monoisotopic (exact) mass is 356 g/mol. The van der Waals surface area contributed by atoms with Crippen LogP contribution in [0, 0.1) is 6.92 Å². The number of nitrogens with one attached hydrogen (secondary N) is 1. The van der Waals surface area contributed by atoms with Crippen molar-refractivity contribution < 1.29 is 0 Å². The Bertz CT molecular complexity index is 580. The number of benzene rings is 1. The van der Waals surface area contributed by atoms with Gasteiger partial charge in [-0.1, -0.05) is 39.7 Å². The van der Waals surface area contributed by atoms with Crippen LogP contribution in [0.3, 0.4) is 0 Å². The Hall–Kier alpha value is -0.880. The van der Waals surface area contributed by atoms with Gasteiger partial charge in [-0.3, -0.25) is 16.0 Å². The molecule has 1 unspecified atom stereocenters. The molecule has 3 N–H and O–H groups in total. The van der Waals surface area contributed by atoms with Gasteiger partial charge in [0.15, 0.2) is 0 Å². The number of hydrogen-bond donors (Lipinski definition) is 2. The lowest BCUT2D eigenvalue weighted by Crippen LogP contribution is -2.39. The molecule has 1 atom stereocenters. The summed E-state index contributed by atoms with van der Waals surface area (Å²) < 4.78 is 2.90. The maximum Gasteiger partial charge on any atom is 0.0847 e. The zero-order valence-corrected chi connectivity index (χ0v) is 13.9. The van der Waals surface area contributed by atoms with Crippen LogP contribution in [0.25, 0.3) is 0 Å². The van der Waals surface area contributed by atoms with Gasteiger partial charge in [0.05, 0.1) is 16.4 Å². The zero-order valence-electron chi connectivity index (χ0n) is 11.5. The van der Waals surface area contributed by atoms with Crippen molar-refractivity contribution in [2.75, 3.05) is 0 Å². The van der Waals surface area contributed by atoms with Gasteiger partial charge in [0, 0.05) is 24.0 Å². The third-order valence-electron chi connectivity index (χ3n) is 3.33. The van der Waals surface area contributed by atoms with Gasteiger partial charge in [0.25, 0.3) is 0 Å². The second-order valence-electron chi connectivity index (χ2n) is 4.87. The first-order valence-electron chi connectivity index (χ1n) is 6.39. The van der Waals surface area contributed by atoms with Crippen LogP contribution in [0.15, 0.2) is 28.7 Å². The normalized spacial score (nSPS) is 12.7. The minimum Gasteiger partial charge on any atom is -0.271 e. The molecule has 1 aromatic heterocycles. The minimum absolute atomic E-state index is 0.114. The van der Waals surface area contributed by atoms with Gasteiger partial charge in [-0.2, -0.15) is 5.10 Å². The average molecular weight is 358 g/mol. The number of nitrogens with two attached hydrogens (primary N) is 1. The molecule has 20 heavy (non-hydrogen) atoms. The maximum absolute atomic E-state index is 6.28. The van der Waals surface area contributed by atoms with E-state index < -0.39 is 0 Å². The van der Waals surface area contributed by atoms with E-state index in [-0.39, 0.29) is 6.04 Å². The van der Waals surface area contributed by atoms with Crippen LogP contribution in [0.4, 0.5) is 0 Å². The average Bonchev–Trinajstić information content (AvgIpc) is 2.66. The quantitative estimate of drug-likeness (QED) is 0.639. The van der Waals surface area contributed by atoms with Gasteiger partial charge in [0.1, 0.15) is 0 Å². The Morgan fingerprint density at radius 3 is 2.50 bits per heavy atom. The lowest BCUT2D eigenvalue weighted by Gasteiger charge is -2.16. The van der Waals surface area contributed by atoms with Crippen LogP contribution in [0.5, 0.6) is 0 Å². The summed E-state index contributed by atoms with van der Waals surface area (Å²) >= 11 is 9.72. The van der Waals surface area contributed by atoms with E-state index in [9.17, 15) is 0 Å². The molecule has 0 amide bonds. The van der Waals surface area contributed by atoms with E-state index in [1.165, 1.54) is 5.56 Å². The highest BCUT2D eigenvalue weighted by molar-refractivity contribution is 9.10. The molecule has 1 aromatic carbocycles. The summed E-state index contributed by atoms with van der Waals surface area (Å²) in [6, 6.07) is 8.35. The fourth-order valence-electron chi connectivity index (χ4n) is 2.23. The number of aryl methyl sites for hydroxylation is 2. The van der Waals surface area contributed by atoms with Crippen molar-refractivity contribution in [1.29, 1.82) is 0 Å². The lowest BCUT2D eigenvalue weighted by atomic mass is 10.0. The summed E-state index contributed by atoms with van der Waals surface area (Å²) in [6.07, 6.45) is 1.58. The molecule has 0 aliphatic rings. The summed E-state index contributed by atoms with van der Waals surface area (Å²) in [5.74, 6) is 5.67. The molecule has 4 nitrogen and oxygen atoms in total. The van der Waals surface area contributed by atoms with Crippen LogP contribution in [0.2, 0.25) is 5.02 Å². The topological polar surface area (TPSA) is 55.9 Å². The molecule has 0 radical (unpaired) electrons. The SMILES string of the molecule is Cc1nn(C)c(CC(Cc2ccc(Br)cc2)NN)c1Cl. The summed E-state index contributed by atoms with van der Waals surface area (Å²) in [5, 5.41) is 5.05. The largest absolute Gasteiger partial charge is 0.271 e. The van der Waals surface area contributed by atoms with Gasteiger partial charge in [-0.05, 0) is 31.0 Å². The number of hydrazine groups is 1.